The lowest BCUT2D eigenvalue weighted by Gasteiger charge is -2.19. The van der Waals surface area contributed by atoms with Crippen molar-refractivity contribution < 1.29 is 16.8 Å². The monoisotopic (exact) mass is 255 g/mol. The number of sulfone groups is 1. The summed E-state index contributed by atoms with van der Waals surface area (Å²) in [6.45, 7) is 2.33. The molecule has 0 unspecified atom stereocenters. The third-order valence-corrected chi connectivity index (χ3v) is 6.86. The summed E-state index contributed by atoms with van der Waals surface area (Å²) in [5.74, 6) is -0.222. The number of sulfonamides is 1. The van der Waals surface area contributed by atoms with Crippen LogP contribution in [0.1, 0.15) is 19.8 Å². The molecule has 1 aliphatic rings. The summed E-state index contributed by atoms with van der Waals surface area (Å²) in [6, 6.07) is 0. The van der Waals surface area contributed by atoms with E-state index in [0.29, 0.717) is 6.54 Å². The zero-order valence-electron chi connectivity index (χ0n) is 9.01. The van der Waals surface area contributed by atoms with Gasteiger partial charge in [-0.05, 0) is 12.8 Å². The normalized spacial score (nSPS) is 25.9. The molecule has 0 aliphatic carbocycles. The van der Waals surface area contributed by atoms with Crippen LogP contribution >= 0.6 is 0 Å². The quantitative estimate of drug-likeness (QED) is 0.700. The lowest BCUT2D eigenvalue weighted by molar-refractivity contribution is 0.459. The van der Waals surface area contributed by atoms with Crippen LogP contribution in [-0.4, -0.2) is 51.5 Å². The minimum Gasteiger partial charge on any atom is -0.229 e. The Hall–Kier alpha value is -0.140. The maximum atomic E-state index is 11.9. The van der Waals surface area contributed by atoms with Gasteiger partial charge in [-0.15, -0.1) is 0 Å². The molecule has 1 fully saturated rings. The lowest BCUT2D eigenvalue weighted by Crippen LogP contribution is -2.37. The maximum Gasteiger partial charge on any atom is 0.217 e. The van der Waals surface area contributed by atoms with Gasteiger partial charge in [0.2, 0.25) is 10.0 Å². The second-order valence-electron chi connectivity index (χ2n) is 3.89. The van der Waals surface area contributed by atoms with Crippen LogP contribution in [0.2, 0.25) is 0 Å². The molecule has 1 rings (SSSR count). The summed E-state index contributed by atoms with van der Waals surface area (Å²) < 4.78 is 47.4. The van der Waals surface area contributed by atoms with Gasteiger partial charge < -0.3 is 0 Å². The largest absolute Gasteiger partial charge is 0.229 e. The smallest absolute Gasteiger partial charge is 0.217 e. The highest BCUT2D eigenvalue weighted by molar-refractivity contribution is 7.95. The molecule has 0 aromatic heterocycles. The Bertz CT molecular complexity index is 412. The van der Waals surface area contributed by atoms with E-state index in [1.165, 1.54) is 11.4 Å². The highest BCUT2D eigenvalue weighted by atomic mass is 32.2. The molecule has 1 saturated heterocycles. The average Bonchev–Trinajstić information content (AvgIpc) is 2.47. The van der Waals surface area contributed by atoms with Crippen LogP contribution in [0.4, 0.5) is 0 Å². The second kappa shape index (κ2) is 4.39. The van der Waals surface area contributed by atoms with Gasteiger partial charge >= 0.3 is 0 Å². The Morgan fingerprint density at radius 2 is 2.00 bits per heavy atom. The topological polar surface area (TPSA) is 71.5 Å². The fourth-order valence-electron chi connectivity index (χ4n) is 1.69. The minimum atomic E-state index is -3.42. The fraction of sp³-hybridized carbons (Fsp3) is 1.00. The Morgan fingerprint density at radius 3 is 2.40 bits per heavy atom. The first-order valence-electron chi connectivity index (χ1n) is 4.95. The van der Waals surface area contributed by atoms with Crippen LogP contribution < -0.4 is 0 Å². The summed E-state index contributed by atoms with van der Waals surface area (Å²) in [5, 5.41) is -0.737. The molecule has 0 saturated carbocycles. The third-order valence-electron chi connectivity index (χ3n) is 2.58. The molecule has 1 atom stereocenters. The molecule has 0 radical (unpaired) electrons. The lowest BCUT2D eigenvalue weighted by atomic mass is 10.4. The van der Waals surface area contributed by atoms with E-state index in [-0.39, 0.29) is 17.9 Å². The predicted molar refractivity (Wildman–Crippen MR) is 58.9 cm³/mol. The van der Waals surface area contributed by atoms with Crippen molar-refractivity contribution in [3.05, 3.63) is 0 Å². The van der Waals surface area contributed by atoms with Crippen molar-refractivity contribution >= 4 is 19.9 Å². The van der Waals surface area contributed by atoms with Gasteiger partial charge in [-0.25, -0.2) is 21.1 Å². The summed E-state index contributed by atoms with van der Waals surface area (Å²) in [5.41, 5.74) is 0. The number of nitrogens with zero attached hydrogens (tertiary/aromatic N) is 1. The molecule has 0 amide bonds. The molecule has 1 aliphatic heterocycles. The van der Waals surface area contributed by atoms with E-state index in [1.54, 1.807) is 0 Å². The van der Waals surface area contributed by atoms with E-state index in [0.717, 1.165) is 6.42 Å². The van der Waals surface area contributed by atoms with Crippen LogP contribution in [0.25, 0.3) is 0 Å². The molecule has 15 heavy (non-hydrogen) atoms. The number of rotatable bonds is 4. The molecule has 1 heterocycles. The second-order valence-corrected chi connectivity index (χ2v) is 8.44. The Morgan fingerprint density at radius 1 is 1.40 bits per heavy atom. The van der Waals surface area contributed by atoms with E-state index in [1.807, 2.05) is 6.92 Å². The number of hydrogen-bond donors (Lipinski definition) is 0. The maximum absolute atomic E-state index is 11.9. The Kier molecular flexibility index (Phi) is 3.78. The van der Waals surface area contributed by atoms with Gasteiger partial charge in [-0.1, -0.05) is 6.92 Å². The van der Waals surface area contributed by atoms with Gasteiger partial charge in [0.15, 0.2) is 9.84 Å². The average molecular weight is 255 g/mol. The van der Waals surface area contributed by atoms with Crippen LogP contribution in [0.15, 0.2) is 0 Å². The minimum absolute atomic E-state index is 0.00311. The first-order valence-corrected chi connectivity index (χ1v) is 8.27. The van der Waals surface area contributed by atoms with Crippen LogP contribution in [0.5, 0.6) is 0 Å². The van der Waals surface area contributed by atoms with Crippen LogP contribution in [0, 0.1) is 0 Å². The van der Waals surface area contributed by atoms with Gasteiger partial charge in [-0.3, -0.25) is 0 Å². The van der Waals surface area contributed by atoms with Gasteiger partial charge in [0.05, 0.1) is 16.8 Å². The molecular weight excluding hydrogens is 238 g/mol. The summed E-state index contributed by atoms with van der Waals surface area (Å²) in [7, 11) is -5.05. The number of hydrogen-bond acceptors (Lipinski definition) is 4. The molecule has 5 nitrogen and oxygen atoms in total. The molecule has 0 bridgehead atoms. The van der Waals surface area contributed by atoms with Crippen LogP contribution in [-0.2, 0) is 19.9 Å². The molecule has 90 valence electrons. The first kappa shape index (κ1) is 12.9. The van der Waals surface area contributed by atoms with E-state index in [2.05, 4.69) is 0 Å². The Labute approximate surface area is 91.4 Å². The van der Waals surface area contributed by atoms with Crippen molar-refractivity contribution in [1.29, 1.82) is 0 Å². The first-order chi connectivity index (χ1) is 6.79. The molecule has 0 spiro atoms. The van der Waals surface area contributed by atoms with E-state index >= 15 is 0 Å². The van der Waals surface area contributed by atoms with Gasteiger partial charge in [-0.2, -0.15) is 0 Å². The fourth-order valence-corrected chi connectivity index (χ4v) is 6.06. The van der Waals surface area contributed by atoms with Crippen molar-refractivity contribution in [2.45, 2.75) is 25.0 Å². The van der Waals surface area contributed by atoms with Crippen LogP contribution in [0.3, 0.4) is 0 Å². The SMILES string of the molecule is CCCN(C)S(=O)(=O)[C@H]1CCS(=O)(=O)C1. The van der Waals surface area contributed by atoms with Crippen molar-refractivity contribution in [3.8, 4) is 0 Å². The van der Waals surface area contributed by atoms with Gasteiger partial charge in [0.1, 0.15) is 0 Å². The van der Waals surface area contributed by atoms with E-state index in [9.17, 15) is 16.8 Å². The van der Waals surface area contributed by atoms with E-state index in [4.69, 9.17) is 0 Å². The van der Waals surface area contributed by atoms with Crippen molar-refractivity contribution in [3.63, 3.8) is 0 Å². The van der Waals surface area contributed by atoms with Crippen molar-refractivity contribution in [1.82, 2.24) is 4.31 Å². The van der Waals surface area contributed by atoms with Gasteiger partial charge in [0, 0.05) is 13.6 Å². The zero-order chi connectivity index (χ0) is 11.7. The highest BCUT2D eigenvalue weighted by Crippen LogP contribution is 2.21. The highest BCUT2D eigenvalue weighted by Gasteiger charge is 2.38. The molecular formula is C8H17NO4S2. The Balaban J connectivity index is 2.81. The molecule has 0 aromatic carbocycles. The summed E-state index contributed by atoms with van der Waals surface area (Å²) in [6.07, 6.45) is 0.966. The molecule has 7 heteroatoms. The third kappa shape index (κ3) is 2.92. The standard InChI is InChI=1S/C8H17NO4S2/c1-3-5-9(2)15(12,13)8-4-6-14(10,11)7-8/h8H,3-7H2,1-2H3/t8-/m0/s1. The molecule has 0 aromatic rings. The predicted octanol–water partition coefficient (Wildman–Crippen LogP) is -0.155. The van der Waals surface area contributed by atoms with Crippen molar-refractivity contribution in [2.75, 3.05) is 25.1 Å². The zero-order valence-corrected chi connectivity index (χ0v) is 10.6. The van der Waals surface area contributed by atoms with Crippen molar-refractivity contribution in [2.24, 2.45) is 0 Å². The van der Waals surface area contributed by atoms with Gasteiger partial charge in [0.25, 0.3) is 0 Å². The molecule has 0 N–H and O–H groups in total. The summed E-state index contributed by atoms with van der Waals surface area (Å²) in [4.78, 5) is 0. The summed E-state index contributed by atoms with van der Waals surface area (Å²) >= 11 is 0. The van der Waals surface area contributed by atoms with E-state index < -0.39 is 25.1 Å².